The Hall–Kier alpha value is -3.93. The van der Waals surface area contributed by atoms with Crippen LogP contribution in [0.3, 0.4) is 0 Å². The molecule has 14 heteroatoms. The smallest absolute Gasteiger partial charge is 0.407 e. The molecule has 13 nitrogen and oxygen atoms in total. The van der Waals surface area contributed by atoms with Crippen molar-refractivity contribution >= 4 is 36.6 Å². The zero-order valence-corrected chi connectivity index (χ0v) is 30.0. The molecule has 3 aromatic rings. The van der Waals surface area contributed by atoms with Crippen molar-refractivity contribution in [1.29, 1.82) is 5.26 Å². The number of hydrogen-bond acceptors (Lipinski definition) is 10. The highest BCUT2D eigenvalue weighted by Crippen LogP contribution is 2.36. The summed E-state index contributed by atoms with van der Waals surface area (Å²) in [5.41, 5.74) is 5.16. The molecule has 0 saturated carbocycles. The second-order valence-electron chi connectivity index (χ2n) is 14.6. The summed E-state index contributed by atoms with van der Waals surface area (Å²) in [5.74, 6) is 0.789. The van der Waals surface area contributed by atoms with Crippen LogP contribution in [0.2, 0.25) is 25.7 Å². The molecule has 6 rings (SSSR count). The van der Waals surface area contributed by atoms with Gasteiger partial charge in [0.2, 0.25) is 0 Å². The number of rotatable bonds is 11. The number of anilines is 2. The largest absolute Gasteiger partial charge is 0.465 e. The number of likely N-dealkylation sites (tertiary alicyclic amines) is 1. The summed E-state index contributed by atoms with van der Waals surface area (Å²) in [4.78, 5) is 30.1. The molecule has 0 bridgehead atoms. The first-order valence-corrected chi connectivity index (χ1v) is 20.8. The van der Waals surface area contributed by atoms with Gasteiger partial charge >= 0.3 is 12.1 Å². The molecule has 1 amide bonds. The number of nitrogens with zero attached hydrogens (tertiary/aromatic N) is 9. The minimum atomic E-state index is -1.17. The Labute approximate surface area is 284 Å². The summed E-state index contributed by atoms with van der Waals surface area (Å²) in [7, 11) is 0.955. The lowest BCUT2D eigenvalue weighted by Gasteiger charge is -2.41. The third-order valence-electron chi connectivity index (χ3n) is 9.89. The molecule has 2 fully saturated rings. The van der Waals surface area contributed by atoms with Crippen LogP contribution in [-0.2, 0) is 24.4 Å². The van der Waals surface area contributed by atoms with Crippen LogP contribution < -0.4 is 14.5 Å². The summed E-state index contributed by atoms with van der Waals surface area (Å²) in [5, 5.41) is 25.3. The van der Waals surface area contributed by atoms with Gasteiger partial charge in [0.05, 0.1) is 36.5 Å². The predicted molar refractivity (Wildman–Crippen MR) is 187 cm³/mol. The summed E-state index contributed by atoms with van der Waals surface area (Å²) in [6.07, 6.45) is 4.13. The number of carbonyl (C=O) groups is 1. The van der Waals surface area contributed by atoms with Crippen molar-refractivity contribution in [2.45, 2.75) is 83.7 Å². The van der Waals surface area contributed by atoms with Gasteiger partial charge in [-0.15, -0.1) is 0 Å². The van der Waals surface area contributed by atoms with E-state index in [1.165, 1.54) is 4.90 Å². The maximum absolute atomic E-state index is 11.9. The SMILES string of the molecule is Cc1ccc2cn(COCC[Si](C)(C)C)nc2c1N1CCc2c(nc(OC[C@@H]3CCCN3C)nc2N2CCN(C(=O)O)C(CC#N)C2)C1. The van der Waals surface area contributed by atoms with Gasteiger partial charge in [-0.2, -0.15) is 20.3 Å². The molecule has 1 N–H and O–H groups in total. The average Bonchev–Trinajstić information content (AvgIpc) is 3.66. The minimum absolute atomic E-state index is 0.126. The number of nitriles is 1. The Bertz CT molecular complexity index is 1670. The van der Waals surface area contributed by atoms with E-state index in [1.807, 2.05) is 4.68 Å². The van der Waals surface area contributed by atoms with E-state index in [0.29, 0.717) is 58.0 Å². The van der Waals surface area contributed by atoms with Crippen LogP contribution in [0.5, 0.6) is 6.01 Å². The number of hydrogen-bond donors (Lipinski definition) is 1. The zero-order chi connectivity index (χ0) is 34.0. The van der Waals surface area contributed by atoms with E-state index in [4.69, 9.17) is 24.5 Å². The van der Waals surface area contributed by atoms with Gasteiger partial charge in [-0.25, -0.2) is 9.48 Å². The van der Waals surface area contributed by atoms with Crippen molar-refractivity contribution in [3.63, 3.8) is 0 Å². The lowest BCUT2D eigenvalue weighted by Crippen LogP contribution is -2.55. The molecule has 2 aromatic heterocycles. The number of aromatic nitrogens is 4. The van der Waals surface area contributed by atoms with Gasteiger partial charge < -0.3 is 34.2 Å². The summed E-state index contributed by atoms with van der Waals surface area (Å²) in [6.45, 7) is 14.4. The first-order chi connectivity index (χ1) is 23.0. The number of ether oxygens (including phenoxy) is 2. The van der Waals surface area contributed by atoms with Gasteiger partial charge in [0.15, 0.2) is 0 Å². The van der Waals surface area contributed by atoms with Gasteiger partial charge in [0.25, 0.3) is 0 Å². The molecule has 5 heterocycles. The zero-order valence-electron chi connectivity index (χ0n) is 29.0. The number of amides is 1. The molecule has 1 aromatic carbocycles. The Balaban J connectivity index is 1.28. The van der Waals surface area contributed by atoms with Crippen molar-refractivity contribution in [2.24, 2.45) is 0 Å². The van der Waals surface area contributed by atoms with Crippen molar-refractivity contribution in [3.8, 4) is 12.1 Å². The van der Waals surface area contributed by atoms with E-state index >= 15 is 0 Å². The first-order valence-electron chi connectivity index (χ1n) is 17.1. The third-order valence-corrected chi connectivity index (χ3v) is 11.6. The second kappa shape index (κ2) is 14.3. The van der Waals surface area contributed by atoms with Crippen LogP contribution in [-0.4, -0.2) is 114 Å². The second-order valence-corrected chi connectivity index (χ2v) is 20.3. The van der Waals surface area contributed by atoms with E-state index in [-0.39, 0.29) is 6.42 Å². The normalized spacial score (nSPS) is 20.3. The molecular formula is C34H49N9O4Si. The predicted octanol–water partition coefficient (Wildman–Crippen LogP) is 4.57. The molecule has 258 valence electrons. The topological polar surface area (TPSA) is 136 Å². The number of benzene rings is 1. The molecular weight excluding hydrogens is 627 g/mol. The Morgan fingerprint density at radius 2 is 1.96 bits per heavy atom. The molecule has 0 aliphatic carbocycles. The summed E-state index contributed by atoms with van der Waals surface area (Å²) >= 11 is 0. The van der Waals surface area contributed by atoms with Gasteiger partial charge in [-0.3, -0.25) is 0 Å². The fraction of sp³-hybridized carbons (Fsp3) is 0.618. The Morgan fingerprint density at radius 3 is 2.69 bits per heavy atom. The van der Waals surface area contributed by atoms with E-state index in [1.54, 1.807) is 0 Å². The quantitative estimate of drug-likeness (QED) is 0.226. The van der Waals surface area contributed by atoms with Crippen LogP contribution in [0.4, 0.5) is 16.3 Å². The first kappa shape index (κ1) is 33.9. The van der Waals surface area contributed by atoms with Crippen LogP contribution in [0, 0.1) is 18.3 Å². The Kier molecular flexibility index (Phi) is 10.1. The highest BCUT2D eigenvalue weighted by Gasteiger charge is 2.34. The van der Waals surface area contributed by atoms with E-state index < -0.39 is 20.2 Å². The van der Waals surface area contributed by atoms with Crippen LogP contribution in [0.1, 0.15) is 36.1 Å². The average molecular weight is 676 g/mol. The van der Waals surface area contributed by atoms with E-state index in [9.17, 15) is 15.2 Å². The molecule has 3 aliphatic rings. The molecule has 2 saturated heterocycles. The lowest BCUT2D eigenvalue weighted by atomic mass is 10.0. The van der Waals surface area contributed by atoms with Crippen LogP contribution in [0.25, 0.3) is 10.9 Å². The molecule has 0 radical (unpaired) electrons. The van der Waals surface area contributed by atoms with Crippen molar-refractivity contribution in [1.82, 2.24) is 29.5 Å². The maximum atomic E-state index is 11.9. The summed E-state index contributed by atoms with van der Waals surface area (Å²) < 4.78 is 14.2. The van der Waals surface area contributed by atoms with Gasteiger partial charge in [-0.05, 0) is 51.4 Å². The fourth-order valence-electron chi connectivity index (χ4n) is 7.07. The fourth-order valence-corrected chi connectivity index (χ4v) is 7.83. The van der Waals surface area contributed by atoms with Crippen molar-refractivity contribution < 1.29 is 19.4 Å². The number of likely N-dealkylation sites (N-methyl/N-ethyl adjacent to an activating group) is 1. The minimum Gasteiger partial charge on any atom is -0.465 e. The molecule has 0 spiro atoms. The van der Waals surface area contributed by atoms with E-state index in [0.717, 1.165) is 77.8 Å². The highest BCUT2D eigenvalue weighted by atomic mass is 28.3. The lowest BCUT2D eigenvalue weighted by molar-refractivity contribution is 0.0791. The van der Waals surface area contributed by atoms with Crippen molar-refractivity contribution in [2.75, 3.05) is 62.8 Å². The van der Waals surface area contributed by atoms with Gasteiger partial charge in [0, 0.05) is 64.0 Å². The number of piperazine rings is 1. The standard InChI is InChI=1S/C34H49N9O4Si/c1-24-8-9-25-19-42(23-46-17-18-48(3,4)5)38-30(25)31(24)40-14-11-28-29(21-40)36-33(47-22-27-7-6-13-39(27)2)37-32(28)41-15-16-43(34(44)45)26(20-41)10-12-35/h8-9,19,26-27H,6-7,10-11,13-18,20-23H2,1-5H3,(H,44,45)/t26?,27-/m0/s1. The molecule has 48 heavy (non-hydrogen) atoms. The number of fused-ring (bicyclic) bond motifs is 2. The summed E-state index contributed by atoms with van der Waals surface area (Å²) in [6, 6.07) is 7.80. The molecule has 2 atom stereocenters. The third kappa shape index (κ3) is 7.53. The number of carboxylic acid groups (broad SMARTS) is 1. The molecule has 3 aliphatic heterocycles. The maximum Gasteiger partial charge on any atom is 0.407 e. The monoisotopic (exact) mass is 675 g/mol. The highest BCUT2D eigenvalue weighted by molar-refractivity contribution is 6.76. The van der Waals surface area contributed by atoms with Crippen LogP contribution in [0.15, 0.2) is 18.3 Å². The Morgan fingerprint density at radius 1 is 1.12 bits per heavy atom. The van der Waals surface area contributed by atoms with E-state index in [2.05, 4.69) is 72.7 Å². The van der Waals surface area contributed by atoms with Crippen LogP contribution >= 0.6 is 0 Å². The van der Waals surface area contributed by atoms with Gasteiger partial charge in [-0.1, -0.05) is 31.8 Å². The van der Waals surface area contributed by atoms with Gasteiger partial charge in [0.1, 0.15) is 24.7 Å². The number of aryl methyl sites for hydroxylation is 1. The molecule has 1 unspecified atom stereocenters. The van der Waals surface area contributed by atoms with Crippen molar-refractivity contribution in [3.05, 3.63) is 35.2 Å².